The molecule has 1 N–H and O–H groups in total. The van der Waals surface area contributed by atoms with Crippen LogP contribution in [0.3, 0.4) is 0 Å². The summed E-state index contributed by atoms with van der Waals surface area (Å²) in [6.07, 6.45) is -0.438. The van der Waals surface area contributed by atoms with E-state index in [-0.39, 0.29) is 36.8 Å². The third kappa shape index (κ3) is 4.31. The predicted octanol–water partition coefficient (Wildman–Crippen LogP) is 2.32. The molecule has 2 rings (SSSR count). The molecule has 5 nitrogen and oxygen atoms in total. The van der Waals surface area contributed by atoms with Crippen LogP contribution in [0.4, 0.5) is 0 Å². The number of benzene rings is 1. The minimum atomic E-state index is -0.320. The SMILES string of the molecule is CNC[C@@H]1C(C)[C@@H](OC)OC(COC(=O)c2ccccc2)[C@H]1C. The fraction of sp³-hybridized carbons (Fsp3) is 0.611. The van der Waals surface area contributed by atoms with Crippen molar-refractivity contribution in [3.05, 3.63) is 35.9 Å². The maximum Gasteiger partial charge on any atom is 0.338 e. The van der Waals surface area contributed by atoms with Crippen LogP contribution < -0.4 is 5.32 Å². The fourth-order valence-electron chi connectivity index (χ4n) is 3.26. The normalized spacial score (nSPS) is 30.9. The van der Waals surface area contributed by atoms with Crippen LogP contribution in [0.2, 0.25) is 0 Å². The zero-order chi connectivity index (χ0) is 16.8. The van der Waals surface area contributed by atoms with E-state index in [1.807, 2.05) is 25.2 Å². The summed E-state index contributed by atoms with van der Waals surface area (Å²) in [7, 11) is 3.60. The lowest BCUT2D eigenvalue weighted by Gasteiger charge is -2.44. The van der Waals surface area contributed by atoms with Gasteiger partial charge in [0.25, 0.3) is 0 Å². The summed E-state index contributed by atoms with van der Waals surface area (Å²) in [5.41, 5.74) is 0.555. The molecular weight excluding hydrogens is 294 g/mol. The van der Waals surface area contributed by atoms with Crippen molar-refractivity contribution in [2.45, 2.75) is 26.2 Å². The molecule has 1 aliphatic heterocycles. The highest BCUT2D eigenvalue weighted by Gasteiger charge is 2.41. The van der Waals surface area contributed by atoms with Gasteiger partial charge in [-0.25, -0.2) is 4.79 Å². The van der Waals surface area contributed by atoms with Crippen LogP contribution in [-0.4, -0.2) is 45.7 Å². The van der Waals surface area contributed by atoms with Gasteiger partial charge in [-0.2, -0.15) is 0 Å². The van der Waals surface area contributed by atoms with Crippen molar-refractivity contribution in [3.63, 3.8) is 0 Å². The zero-order valence-electron chi connectivity index (χ0n) is 14.3. The first-order chi connectivity index (χ1) is 11.1. The molecule has 0 radical (unpaired) electrons. The van der Waals surface area contributed by atoms with E-state index in [1.54, 1.807) is 19.2 Å². The van der Waals surface area contributed by atoms with Gasteiger partial charge in [-0.05, 0) is 37.6 Å². The lowest BCUT2D eigenvalue weighted by molar-refractivity contribution is -0.245. The molecule has 1 fully saturated rings. The van der Waals surface area contributed by atoms with Crippen LogP contribution in [0.5, 0.6) is 0 Å². The largest absolute Gasteiger partial charge is 0.459 e. The first-order valence-corrected chi connectivity index (χ1v) is 8.13. The minimum Gasteiger partial charge on any atom is -0.459 e. The summed E-state index contributed by atoms with van der Waals surface area (Å²) in [6, 6.07) is 9.01. The molecule has 128 valence electrons. The van der Waals surface area contributed by atoms with Crippen molar-refractivity contribution in [3.8, 4) is 0 Å². The van der Waals surface area contributed by atoms with Crippen LogP contribution in [0, 0.1) is 17.8 Å². The lowest BCUT2D eigenvalue weighted by atomic mass is 9.77. The monoisotopic (exact) mass is 321 g/mol. The number of hydrogen-bond acceptors (Lipinski definition) is 5. The van der Waals surface area contributed by atoms with Crippen LogP contribution in [0.15, 0.2) is 30.3 Å². The van der Waals surface area contributed by atoms with E-state index >= 15 is 0 Å². The molecule has 0 amide bonds. The fourth-order valence-corrected chi connectivity index (χ4v) is 3.26. The molecule has 5 atom stereocenters. The van der Waals surface area contributed by atoms with E-state index in [0.29, 0.717) is 11.5 Å². The van der Waals surface area contributed by atoms with Gasteiger partial charge in [0, 0.05) is 13.0 Å². The Kier molecular flexibility index (Phi) is 6.57. The average Bonchev–Trinajstić information content (AvgIpc) is 2.58. The van der Waals surface area contributed by atoms with Gasteiger partial charge in [-0.3, -0.25) is 0 Å². The number of rotatable bonds is 6. The molecule has 0 spiro atoms. The maximum atomic E-state index is 12.1. The second-order valence-corrected chi connectivity index (χ2v) is 6.18. The summed E-state index contributed by atoms with van der Waals surface area (Å²) in [6.45, 7) is 5.40. The molecule has 2 unspecified atom stereocenters. The number of hydrogen-bond donors (Lipinski definition) is 1. The van der Waals surface area contributed by atoms with Crippen LogP contribution in [0.25, 0.3) is 0 Å². The van der Waals surface area contributed by atoms with Crippen molar-refractivity contribution in [1.29, 1.82) is 0 Å². The van der Waals surface area contributed by atoms with Crippen LogP contribution in [0.1, 0.15) is 24.2 Å². The van der Waals surface area contributed by atoms with Gasteiger partial charge in [-0.1, -0.05) is 32.0 Å². The molecule has 1 aliphatic rings. The number of esters is 1. The Morgan fingerprint density at radius 2 is 1.91 bits per heavy atom. The molecule has 0 bridgehead atoms. The first kappa shape index (κ1) is 17.9. The first-order valence-electron chi connectivity index (χ1n) is 8.13. The van der Waals surface area contributed by atoms with Crippen molar-refractivity contribution >= 4 is 5.97 Å². The standard InChI is InChI=1S/C18H27NO4/c1-12-15(10-19-3)13(2)18(21-4)23-16(12)11-22-17(20)14-8-6-5-7-9-14/h5-9,12-13,15-16,18-19H,10-11H2,1-4H3/t12-,13?,15-,16?,18-/m0/s1. The van der Waals surface area contributed by atoms with Crippen molar-refractivity contribution < 1.29 is 19.0 Å². The van der Waals surface area contributed by atoms with Crippen LogP contribution in [-0.2, 0) is 14.2 Å². The summed E-state index contributed by atoms with van der Waals surface area (Å²) in [5.74, 6) is 0.634. The average molecular weight is 321 g/mol. The number of nitrogens with one attached hydrogen (secondary N) is 1. The Hall–Kier alpha value is -1.43. The topological polar surface area (TPSA) is 56.8 Å². The van der Waals surface area contributed by atoms with Gasteiger partial charge in [0.05, 0.1) is 11.7 Å². The second kappa shape index (κ2) is 8.43. The molecule has 23 heavy (non-hydrogen) atoms. The Morgan fingerprint density at radius 3 is 2.52 bits per heavy atom. The van der Waals surface area contributed by atoms with Gasteiger partial charge in [-0.15, -0.1) is 0 Å². The second-order valence-electron chi connectivity index (χ2n) is 6.18. The molecule has 0 aliphatic carbocycles. The molecule has 1 heterocycles. The Morgan fingerprint density at radius 1 is 1.22 bits per heavy atom. The number of carbonyl (C=O) groups excluding carboxylic acids is 1. The number of ether oxygens (including phenoxy) is 3. The van der Waals surface area contributed by atoms with E-state index in [2.05, 4.69) is 19.2 Å². The highest BCUT2D eigenvalue weighted by molar-refractivity contribution is 5.89. The molecule has 5 heteroatoms. The van der Waals surface area contributed by atoms with E-state index in [9.17, 15) is 4.79 Å². The molecular formula is C18H27NO4. The smallest absolute Gasteiger partial charge is 0.338 e. The summed E-state index contributed by atoms with van der Waals surface area (Å²) in [4.78, 5) is 12.1. The third-order valence-corrected chi connectivity index (χ3v) is 4.74. The maximum absolute atomic E-state index is 12.1. The summed E-state index contributed by atoms with van der Waals surface area (Å²) in [5, 5.41) is 3.24. The highest BCUT2D eigenvalue weighted by Crippen LogP contribution is 2.35. The quantitative estimate of drug-likeness (QED) is 0.815. The van der Waals surface area contributed by atoms with E-state index < -0.39 is 0 Å². The number of carbonyl (C=O) groups is 1. The van der Waals surface area contributed by atoms with Gasteiger partial charge < -0.3 is 19.5 Å². The van der Waals surface area contributed by atoms with Crippen molar-refractivity contribution in [1.82, 2.24) is 5.32 Å². The Labute approximate surface area is 138 Å². The van der Waals surface area contributed by atoms with Gasteiger partial charge >= 0.3 is 5.97 Å². The van der Waals surface area contributed by atoms with Crippen LogP contribution >= 0.6 is 0 Å². The molecule has 1 aromatic carbocycles. The van der Waals surface area contributed by atoms with Crippen molar-refractivity contribution in [2.75, 3.05) is 27.3 Å². The molecule has 1 aromatic rings. The Balaban J connectivity index is 1.99. The van der Waals surface area contributed by atoms with E-state index in [1.165, 1.54) is 0 Å². The molecule has 1 saturated heterocycles. The number of methoxy groups -OCH3 is 1. The van der Waals surface area contributed by atoms with Crippen molar-refractivity contribution in [2.24, 2.45) is 17.8 Å². The minimum absolute atomic E-state index is 0.165. The van der Waals surface area contributed by atoms with E-state index in [4.69, 9.17) is 14.2 Å². The molecule has 0 aromatic heterocycles. The summed E-state index contributed by atoms with van der Waals surface area (Å²) >= 11 is 0. The Bertz CT molecular complexity index is 493. The van der Waals surface area contributed by atoms with Gasteiger partial charge in [0.1, 0.15) is 6.61 Å². The zero-order valence-corrected chi connectivity index (χ0v) is 14.3. The summed E-state index contributed by atoms with van der Waals surface area (Å²) < 4.78 is 16.9. The third-order valence-electron chi connectivity index (χ3n) is 4.74. The predicted molar refractivity (Wildman–Crippen MR) is 88.1 cm³/mol. The highest BCUT2D eigenvalue weighted by atomic mass is 16.7. The van der Waals surface area contributed by atoms with E-state index in [0.717, 1.165) is 6.54 Å². The van der Waals surface area contributed by atoms with Gasteiger partial charge in [0.2, 0.25) is 0 Å². The molecule has 0 saturated carbocycles. The lowest BCUT2D eigenvalue weighted by Crippen LogP contribution is -2.51. The van der Waals surface area contributed by atoms with Gasteiger partial charge in [0.15, 0.2) is 6.29 Å².